The minimum atomic E-state index is 1.30. The van der Waals surface area contributed by atoms with E-state index in [1.54, 1.807) is 11.1 Å². The van der Waals surface area contributed by atoms with Gasteiger partial charge < -0.3 is 5.32 Å². The molecule has 1 aromatic rings. The van der Waals surface area contributed by atoms with Gasteiger partial charge in [0.05, 0.1) is 0 Å². The predicted octanol–water partition coefficient (Wildman–Crippen LogP) is 4.84. The van der Waals surface area contributed by atoms with Gasteiger partial charge in [0, 0.05) is 0 Å². The molecule has 0 saturated carbocycles. The van der Waals surface area contributed by atoms with Gasteiger partial charge in [0.1, 0.15) is 0 Å². The summed E-state index contributed by atoms with van der Waals surface area (Å²) >= 11 is 0. The van der Waals surface area contributed by atoms with Gasteiger partial charge in [-0.1, -0.05) is 58.4 Å². The molecular formula is C17H33N. The maximum Gasteiger partial charge on any atom is -0.0167 e. The van der Waals surface area contributed by atoms with E-state index in [-0.39, 0.29) is 0 Å². The van der Waals surface area contributed by atoms with Crippen LogP contribution in [0.4, 0.5) is 0 Å². The van der Waals surface area contributed by atoms with Crippen LogP contribution in [0.15, 0.2) is 24.3 Å². The van der Waals surface area contributed by atoms with Crippen LogP contribution in [0.25, 0.3) is 0 Å². The van der Waals surface area contributed by atoms with E-state index < -0.39 is 0 Å². The van der Waals surface area contributed by atoms with Crippen LogP contribution in [0.2, 0.25) is 0 Å². The molecule has 18 heavy (non-hydrogen) atoms. The molecule has 1 N–H and O–H groups in total. The van der Waals surface area contributed by atoms with Gasteiger partial charge in [-0.25, -0.2) is 0 Å². The van der Waals surface area contributed by atoms with Gasteiger partial charge in [0.15, 0.2) is 0 Å². The van der Waals surface area contributed by atoms with Gasteiger partial charge in [0.25, 0.3) is 0 Å². The third kappa shape index (κ3) is 9.23. The summed E-state index contributed by atoms with van der Waals surface area (Å²) < 4.78 is 0. The van der Waals surface area contributed by atoms with Crippen LogP contribution in [0.5, 0.6) is 0 Å². The van der Waals surface area contributed by atoms with Crippen molar-refractivity contribution < 1.29 is 0 Å². The fourth-order valence-electron chi connectivity index (χ4n) is 1.85. The third-order valence-corrected chi connectivity index (χ3v) is 2.51. The van der Waals surface area contributed by atoms with E-state index in [0.717, 1.165) is 0 Å². The predicted molar refractivity (Wildman–Crippen MR) is 85.4 cm³/mol. The molecule has 0 amide bonds. The first kappa shape index (κ1) is 19.5. The molecule has 0 bridgehead atoms. The van der Waals surface area contributed by atoms with E-state index in [0.29, 0.717) is 0 Å². The number of nitrogens with one attached hydrogen (secondary N) is 1. The lowest BCUT2D eigenvalue weighted by atomic mass is 10.0. The molecule has 0 spiro atoms. The van der Waals surface area contributed by atoms with Crippen molar-refractivity contribution in [1.29, 1.82) is 0 Å². The molecule has 1 heteroatoms. The minimum absolute atomic E-state index is 1.30. The lowest BCUT2D eigenvalue weighted by Gasteiger charge is -2.02. The van der Waals surface area contributed by atoms with Crippen molar-refractivity contribution in [3.8, 4) is 0 Å². The molecule has 0 aromatic heterocycles. The first-order valence-corrected chi connectivity index (χ1v) is 7.53. The summed E-state index contributed by atoms with van der Waals surface area (Å²) in [4.78, 5) is 0. The molecular weight excluding hydrogens is 218 g/mol. The summed E-state index contributed by atoms with van der Waals surface area (Å²) in [5, 5.41) is 2.75. The Labute approximate surface area is 115 Å². The van der Waals surface area contributed by atoms with E-state index in [2.05, 4.69) is 29.6 Å². The minimum Gasteiger partial charge on any atom is -0.323 e. The normalized spacial score (nSPS) is 12.1. The average molecular weight is 251 g/mol. The highest BCUT2D eigenvalue weighted by molar-refractivity contribution is 5.27. The summed E-state index contributed by atoms with van der Waals surface area (Å²) in [5.74, 6) is 0. The topological polar surface area (TPSA) is 12.0 Å². The number of fused-ring (bicyclic) bond motifs is 1. The summed E-state index contributed by atoms with van der Waals surface area (Å²) in [6.45, 7) is 8.00. The molecule has 0 atom stereocenters. The second-order valence-electron chi connectivity index (χ2n) is 3.83. The Morgan fingerprint density at radius 2 is 1.06 bits per heavy atom. The van der Waals surface area contributed by atoms with Crippen molar-refractivity contribution in [3.05, 3.63) is 35.4 Å². The smallest absolute Gasteiger partial charge is 0.0167 e. The van der Waals surface area contributed by atoms with Crippen molar-refractivity contribution in [3.63, 3.8) is 0 Å². The number of benzene rings is 1. The zero-order chi connectivity index (χ0) is 14.2. The second-order valence-corrected chi connectivity index (χ2v) is 3.83. The van der Waals surface area contributed by atoms with Crippen LogP contribution >= 0.6 is 0 Å². The summed E-state index contributed by atoms with van der Waals surface area (Å²) in [6, 6.07) is 8.87. The fraction of sp³-hybridized carbons (Fsp3) is 0.647. The van der Waals surface area contributed by atoms with E-state index in [1.165, 1.54) is 32.1 Å². The summed E-state index contributed by atoms with van der Waals surface area (Å²) in [5.41, 5.74) is 3.18. The van der Waals surface area contributed by atoms with Gasteiger partial charge in [0.2, 0.25) is 0 Å². The van der Waals surface area contributed by atoms with E-state index >= 15 is 0 Å². The quantitative estimate of drug-likeness (QED) is 0.650. The highest BCUT2D eigenvalue weighted by Gasteiger charge is 2.05. The first-order valence-electron chi connectivity index (χ1n) is 7.53. The number of hydrogen-bond donors (Lipinski definition) is 1. The van der Waals surface area contributed by atoms with Crippen LogP contribution in [-0.4, -0.2) is 14.1 Å². The van der Waals surface area contributed by atoms with Gasteiger partial charge >= 0.3 is 0 Å². The van der Waals surface area contributed by atoms with Crippen molar-refractivity contribution in [1.82, 2.24) is 5.32 Å². The Hall–Kier alpha value is -0.820. The molecule has 1 aromatic carbocycles. The highest BCUT2D eigenvalue weighted by atomic mass is 14.7. The van der Waals surface area contributed by atoms with Crippen molar-refractivity contribution in [2.45, 2.75) is 59.8 Å². The largest absolute Gasteiger partial charge is 0.323 e. The SMILES string of the molecule is CC.CC.CNC.c1ccc2c(c1)CCCCC2. The zero-order valence-corrected chi connectivity index (χ0v) is 13.3. The Balaban J connectivity index is 0. The molecule has 0 heterocycles. The number of aryl methyl sites for hydroxylation is 2. The Kier molecular flexibility index (Phi) is 17.5. The van der Waals surface area contributed by atoms with Crippen LogP contribution in [0.3, 0.4) is 0 Å². The maximum atomic E-state index is 2.75. The summed E-state index contributed by atoms with van der Waals surface area (Å²) in [6.07, 6.45) is 6.79. The van der Waals surface area contributed by atoms with Crippen LogP contribution in [0.1, 0.15) is 58.1 Å². The molecule has 0 saturated heterocycles. The fourth-order valence-corrected chi connectivity index (χ4v) is 1.85. The summed E-state index contributed by atoms with van der Waals surface area (Å²) in [7, 11) is 3.75. The van der Waals surface area contributed by atoms with Gasteiger partial charge in [-0.2, -0.15) is 0 Å². The molecule has 1 aliphatic carbocycles. The van der Waals surface area contributed by atoms with E-state index in [1.807, 2.05) is 41.8 Å². The van der Waals surface area contributed by atoms with Crippen LogP contribution in [-0.2, 0) is 12.8 Å². The van der Waals surface area contributed by atoms with E-state index in [4.69, 9.17) is 0 Å². The van der Waals surface area contributed by atoms with Crippen molar-refractivity contribution in [2.75, 3.05) is 14.1 Å². The number of hydrogen-bond acceptors (Lipinski definition) is 1. The maximum absolute atomic E-state index is 2.75. The highest BCUT2D eigenvalue weighted by Crippen LogP contribution is 2.19. The molecule has 1 aliphatic rings. The molecule has 2 rings (SSSR count). The Morgan fingerprint density at radius 1 is 0.722 bits per heavy atom. The van der Waals surface area contributed by atoms with Crippen molar-refractivity contribution in [2.24, 2.45) is 0 Å². The molecule has 0 fully saturated rings. The zero-order valence-electron chi connectivity index (χ0n) is 13.3. The Bertz CT molecular complexity index is 231. The standard InChI is InChI=1S/C11H14.C2H7N.2C2H6/c1-2-6-10-8-4-5-9-11(10)7-3-1;1-3-2;2*1-2/h4-5,8-9H,1-3,6-7H2;3H,1-2H3;2*1-2H3. The molecule has 0 radical (unpaired) electrons. The molecule has 106 valence electrons. The van der Waals surface area contributed by atoms with Gasteiger partial charge in [-0.05, 0) is 50.9 Å². The lowest BCUT2D eigenvalue weighted by molar-refractivity contribution is 0.711. The van der Waals surface area contributed by atoms with Gasteiger partial charge in [-0.3, -0.25) is 0 Å². The average Bonchev–Trinajstić information content (AvgIpc) is 2.69. The Morgan fingerprint density at radius 3 is 1.39 bits per heavy atom. The first-order chi connectivity index (χ1) is 8.88. The molecule has 1 nitrogen and oxygen atoms in total. The molecule has 0 unspecified atom stereocenters. The lowest BCUT2D eigenvalue weighted by Crippen LogP contribution is -1.89. The van der Waals surface area contributed by atoms with Gasteiger partial charge in [-0.15, -0.1) is 0 Å². The van der Waals surface area contributed by atoms with Crippen LogP contribution < -0.4 is 5.32 Å². The van der Waals surface area contributed by atoms with E-state index in [9.17, 15) is 0 Å². The third-order valence-electron chi connectivity index (χ3n) is 2.51. The number of rotatable bonds is 0. The van der Waals surface area contributed by atoms with Crippen molar-refractivity contribution >= 4 is 0 Å². The second kappa shape index (κ2) is 16.2. The van der Waals surface area contributed by atoms with Crippen LogP contribution in [0, 0.1) is 0 Å². The monoisotopic (exact) mass is 251 g/mol. The molecule has 0 aliphatic heterocycles.